The van der Waals surface area contributed by atoms with E-state index in [-0.39, 0.29) is 11.4 Å². The molecule has 0 bridgehead atoms. The first-order valence-electron chi connectivity index (χ1n) is 4.10. The average Bonchev–Trinajstić information content (AvgIpc) is 2.17. The predicted octanol–water partition coefficient (Wildman–Crippen LogP) is 1.19. The van der Waals surface area contributed by atoms with Crippen LogP contribution in [0, 0.1) is 0 Å². The number of hydrogen-bond donors (Lipinski definition) is 1. The van der Waals surface area contributed by atoms with Crippen LogP contribution < -0.4 is 9.47 Å². The summed E-state index contributed by atoms with van der Waals surface area (Å²) in [7, 11) is 1.46. The van der Waals surface area contributed by atoms with Gasteiger partial charge in [0.05, 0.1) is 13.7 Å². The van der Waals surface area contributed by atoms with E-state index in [9.17, 15) is 4.79 Å². The first-order chi connectivity index (χ1) is 6.69. The second-order valence-electron chi connectivity index (χ2n) is 2.44. The van der Waals surface area contributed by atoms with Crippen molar-refractivity contribution in [1.29, 1.82) is 0 Å². The van der Waals surface area contributed by atoms with E-state index in [4.69, 9.17) is 14.6 Å². The maximum Gasteiger partial charge on any atom is 0.341 e. The number of aromatic nitrogens is 1. The highest BCUT2D eigenvalue weighted by molar-refractivity contribution is 5.90. The quantitative estimate of drug-likeness (QED) is 0.785. The Labute approximate surface area is 81.3 Å². The van der Waals surface area contributed by atoms with Gasteiger partial charge in [0.2, 0.25) is 11.8 Å². The minimum Gasteiger partial charge on any atom is -0.481 e. The van der Waals surface area contributed by atoms with Gasteiger partial charge in [0.25, 0.3) is 0 Å². The summed E-state index contributed by atoms with van der Waals surface area (Å²) in [5.41, 5.74) is 0.0349. The largest absolute Gasteiger partial charge is 0.481 e. The molecule has 0 aromatic carbocycles. The van der Waals surface area contributed by atoms with Gasteiger partial charge in [-0.3, -0.25) is 0 Å². The molecule has 0 fully saturated rings. The van der Waals surface area contributed by atoms with Crippen molar-refractivity contribution >= 4 is 5.97 Å². The third kappa shape index (κ3) is 2.12. The van der Waals surface area contributed by atoms with Crippen molar-refractivity contribution in [3.8, 4) is 11.8 Å². The number of nitrogens with zero attached hydrogens (tertiary/aromatic N) is 1. The number of aromatic carboxylic acids is 1. The molecule has 1 heterocycles. The van der Waals surface area contributed by atoms with Crippen molar-refractivity contribution in [2.75, 3.05) is 13.7 Å². The van der Waals surface area contributed by atoms with Crippen molar-refractivity contribution in [2.24, 2.45) is 0 Å². The summed E-state index contributed by atoms with van der Waals surface area (Å²) in [4.78, 5) is 14.6. The molecule has 1 rings (SSSR count). The van der Waals surface area contributed by atoms with Gasteiger partial charge in [0, 0.05) is 6.07 Å². The molecule has 0 amide bonds. The van der Waals surface area contributed by atoms with Gasteiger partial charge in [-0.15, -0.1) is 0 Å². The molecule has 0 aliphatic heterocycles. The zero-order valence-electron chi connectivity index (χ0n) is 7.98. The summed E-state index contributed by atoms with van der Waals surface area (Å²) in [5, 5.41) is 8.80. The van der Waals surface area contributed by atoms with Crippen molar-refractivity contribution in [3.63, 3.8) is 0 Å². The van der Waals surface area contributed by atoms with Crippen LogP contribution >= 0.6 is 0 Å². The summed E-state index contributed by atoms with van der Waals surface area (Å²) in [6.45, 7) is 2.12. The first-order valence-corrected chi connectivity index (χ1v) is 4.10. The maximum atomic E-state index is 10.7. The van der Waals surface area contributed by atoms with E-state index in [0.717, 1.165) is 0 Å². The lowest BCUT2D eigenvalue weighted by Gasteiger charge is -2.06. The molecular weight excluding hydrogens is 186 g/mol. The lowest BCUT2D eigenvalue weighted by molar-refractivity contribution is 0.0691. The maximum absolute atomic E-state index is 10.7. The van der Waals surface area contributed by atoms with Gasteiger partial charge in [0.15, 0.2) is 0 Å². The van der Waals surface area contributed by atoms with E-state index in [2.05, 4.69) is 4.98 Å². The molecule has 0 aliphatic carbocycles. The lowest BCUT2D eigenvalue weighted by Crippen LogP contribution is -2.05. The summed E-state index contributed by atoms with van der Waals surface area (Å²) >= 11 is 0. The van der Waals surface area contributed by atoms with Gasteiger partial charge in [0.1, 0.15) is 5.56 Å². The summed E-state index contributed by atoms with van der Waals surface area (Å²) in [5.74, 6) is -0.651. The summed E-state index contributed by atoms with van der Waals surface area (Å²) < 4.78 is 9.92. The van der Waals surface area contributed by atoms with E-state index in [1.807, 2.05) is 0 Å². The molecular formula is C9H11NO4. The van der Waals surface area contributed by atoms with E-state index < -0.39 is 5.97 Å². The fourth-order valence-electron chi connectivity index (χ4n) is 0.947. The van der Waals surface area contributed by atoms with Gasteiger partial charge < -0.3 is 14.6 Å². The lowest BCUT2D eigenvalue weighted by atomic mass is 10.3. The molecule has 0 saturated heterocycles. The Bertz CT molecular complexity index is 338. The Morgan fingerprint density at radius 2 is 2.29 bits per heavy atom. The molecule has 5 nitrogen and oxygen atoms in total. The van der Waals surface area contributed by atoms with Crippen molar-refractivity contribution in [3.05, 3.63) is 17.7 Å². The van der Waals surface area contributed by atoms with Gasteiger partial charge >= 0.3 is 5.97 Å². The Balaban J connectivity index is 3.10. The highest BCUT2D eigenvalue weighted by Crippen LogP contribution is 2.19. The van der Waals surface area contributed by atoms with E-state index in [0.29, 0.717) is 12.5 Å². The van der Waals surface area contributed by atoms with Crippen molar-refractivity contribution in [1.82, 2.24) is 4.98 Å². The molecule has 14 heavy (non-hydrogen) atoms. The Hall–Kier alpha value is -1.78. The minimum absolute atomic E-state index is 0.0349. The normalized spacial score (nSPS) is 9.57. The number of methoxy groups -OCH3 is 1. The number of carbonyl (C=O) groups is 1. The molecule has 1 aromatic heterocycles. The van der Waals surface area contributed by atoms with Gasteiger partial charge in [-0.2, -0.15) is 4.98 Å². The molecule has 0 atom stereocenters. The molecule has 0 radical (unpaired) electrons. The topological polar surface area (TPSA) is 68.7 Å². The second-order valence-corrected chi connectivity index (χ2v) is 2.44. The zero-order valence-corrected chi connectivity index (χ0v) is 7.98. The minimum atomic E-state index is -1.07. The molecule has 76 valence electrons. The van der Waals surface area contributed by atoms with Crippen LogP contribution in [0.5, 0.6) is 11.8 Å². The Morgan fingerprint density at radius 3 is 2.79 bits per heavy atom. The van der Waals surface area contributed by atoms with Crippen molar-refractivity contribution in [2.45, 2.75) is 6.92 Å². The summed E-state index contributed by atoms with van der Waals surface area (Å²) in [6, 6.07) is 2.88. The number of ether oxygens (including phenoxy) is 2. The van der Waals surface area contributed by atoms with Gasteiger partial charge in [-0.05, 0) is 13.0 Å². The SMILES string of the molecule is CCOc1nc(OC)ccc1C(=O)O. The number of carboxylic acid groups (broad SMARTS) is 1. The molecule has 1 aromatic rings. The molecule has 0 aliphatic rings. The monoisotopic (exact) mass is 197 g/mol. The molecule has 1 N–H and O–H groups in total. The third-order valence-corrected chi connectivity index (χ3v) is 1.56. The fraction of sp³-hybridized carbons (Fsp3) is 0.333. The van der Waals surface area contributed by atoms with E-state index in [1.165, 1.54) is 19.2 Å². The average molecular weight is 197 g/mol. The number of pyridine rings is 1. The van der Waals surface area contributed by atoms with E-state index >= 15 is 0 Å². The number of hydrogen-bond acceptors (Lipinski definition) is 4. The van der Waals surface area contributed by atoms with Crippen LogP contribution in [-0.2, 0) is 0 Å². The first kappa shape index (κ1) is 10.3. The van der Waals surface area contributed by atoms with Crippen LogP contribution in [0.3, 0.4) is 0 Å². The Morgan fingerprint density at radius 1 is 1.57 bits per heavy atom. The zero-order chi connectivity index (χ0) is 10.6. The van der Waals surface area contributed by atoms with Crippen LogP contribution in [0.15, 0.2) is 12.1 Å². The predicted molar refractivity (Wildman–Crippen MR) is 48.9 cm³/mol. The third-order valence-electron chi connectivity index (χ3n) is 1.56. The molecule has 0 unspecified atom stereocenters. The fourth-order valence-corrected chi connectivity index (χ4v) is 0.947. The molecule has 0 spiro atoms. The Kier molecular flexibility index (Phi) is 3.28. The number of carboxylic acids is 1. The van der Waals surface area contributed by atoms with Crippen LogP contribution in [0.1, 0.15) is 17.3 Å². The highest BCUT2D eigenvalue weighted by Gasteiger charge is 2.13. The van der Waals surface area contributed by atoms with Crippen LogP contribution in [0.2, 0.25) is 0 Å². The highest BCUT2D eigenvalue weighted by atomic mass is 16.5. The summed E-state index contributed by atoms with van der Waals surface area (Å²) in [6.07, 6.45) is 0. The standard InChI is InChI=1S/C9H11NO4/c1-3-14-8-6(9(11)12)4-5-7(10-8)13-2/h4-5H,3H2,1-2H3,(H,11,12). The molecule has 0 saturated carbocycles. The van der Waals surface area contributed by atoms with Crippen LogP contribution in [0.25, 0.3) is 0 Å². The number of rotatable bonds is 4. The van der Waals surface area contributed by atoms with Crippen LogP contribution in [0.4, 0.5) is 0 Å². The van der Waals surface area contributed by atoms with Crippen LogP contribution in [-0.4, -0.2) is 29.8 Å². The van der Waals surface area contributed by atoms with Gasteiger partial charge in [-0.1, -0.05) is 0 Å². The van der Waals surface area contributed by atoms with Gasteiger partial charge in [-0.25, -0.2) is 4.79 Å². The smallest absolute Gasteiger partial charge is 0.341 e. The van der Waals surface area contributed by atoms with Crippen molar-refractivity contribution < 1.29 is 19.4 Å². The second kappa shape index (κ2) is 4.45. The van der Waals surface area contributed by atoms with E-state index in [1.54, 1.807) is 6.92 Å². The molecule has 5 heteroatoms.